The van der Waals surface area contributed by atoms with E-state index in [1.54, 1.807) is 7.11 Å². The average molecular weight is 427 g/mol. The van der Waals surface area contributed by atoms with Gasteiger partial charge in [0.2, 0.25) is 5.91 Å². The number of amides is 1. The molecule has 32 heavy (non-hydrogen) atoms. The highest BCUT2D eigenvalue weighted by Crippen LogP contribution is 2.43. The van der Waals surface area contributed by atoms with E-state index in [9.17, 15) is 4.79 Å². The maximum Gasteiger partial charge on any atom is 0.227 e. The van der Waals surface area contributed by atoms with Crippen molar-refractivity contribution in [1.82, 2.24) is 4.90 Å². The molecule has 1 amide bonds. The Balaban J connectivity index is 1.66. The van der Waals surface area contributed by atoms with Gasteiger partial charge in [-0.1, -0.05) is 72.8 Å². The summed E-state index contributed by atoms with van der Waals surface area (Å²) in [7, 11) is 3.58. The van der Waals surface area contributed by atoms with Crippen molar-refractivity contribution in [3.05, 3.63) is 90.0 Å². The third-order valence-electron chi connectivity index (χ3n) is 5.82. The second kappa shape index (κ2) is 8.91. The predicted molar refractivity (Wildman–Crippen MR) is 132 cm³/mol. The van der Waals surface area contributed by atoms with Crippen LogP contribution in [0.25, 0.3) is 16.7 Å². The Labute approximate surface area is 190 Å². The summed E-state index contributed by atoms with van der Waals surface area (Å²) in [6.07, 6.45) is 2.63. The molecule has 0 saturated heterocycles. The summed E-state index contributed by atoms with van der Waals surface area (Å²) in [5.41, 5.74) is 6.26. The quantitative estimate of drug-likeness (QED) is 0.554. The molecule has 0 atom stereocenters. The molecule has 0 unspecified atom stereocenters. The normalized spacial score (nSPS) is 14.1. The molecule has 0 fully saturated rings. The Hall–Kier alpha value is -3.53. The summed E-state index contributed by atoms with van der Waals surface area (Å²) < 4.78 is 5.63. The number of fused-ring (bicyclic) bond motifs is 1. The number of anilines is 1. The number of rotatable bonds is 6. The van der Waals surface area contributed by atoms with Crippen LogP contribution in [0.1, 0.15) is 25.0 Å². The Morgan fingerprint density at radius 1 is 0.906 bits per heavy atom. The lowest BCUT2D eigenvalue weighted by Crippen LogP contribution is -2.35. The molecule has 3 aromatic carbocycles. The first-order valence-corrected chi connectivity index (χ1v) is 10.9. The minimum atomic E-state index is -0.246. The van der Waals surface area contributed by atoms with E-state index in [0.717, 1.165) is 39.3 Å². The van der Waals surface area contributed by atoms with Gasteiger partial charge < -0.3 is 15.0 Å². The van der Waals surface area contributed by atoms with E-state index in [4.69, 9.17) is 4.74 Å². The van der Waals surface area contributed by atoms with Crippen molar-refractivity contribution in [2.24, 2.45) is 0 Å². The highest BCUT2D eigenvalue weighted by molar-refractivity contribution is 5.93. The monoisotopic (exact) mass is 426 g/mol. The van der Waals surface area contributed by atoms with Crippen LogP contribution < -0.4 is 10.1 Å². The molecule has 1 heterocycles. The molecule has 0 saturated carbocycles. The van der Waals surface area contributed by atoms with Crippen molar-refractivity contribution < 1.29 is 9.53 Å². The SMILES string of the molecule is COc1ccccc1-c1cccc2c1NC(C)(C)C=C2CN(C)C(=O)Cc1ccccc1. The van der Waals surface area contributed by atoms with Gasteiger partial charge in [0.05, 0.1) is 24.8 Å². The maximum absolute atomic E-state index is 12.9. The lowest BCUT2D eigenvalue weighted by molar-refractivity contribution is -0.128. The third kappa shape index (κ3) is 4.54. The van der Waals surface area contributed by atoms with Crippen molar-refractivity contribution in [3.8, 4) is 16.9 Å². The van der Waals surface area contributed by atoms with Crippen LogP contribution in [0.2, 0.25) is 0 Å². The first-order chi connectivity index (χ1) is 15.4. The second-order valence-corrected chi connectivity index (χ2v) is 8.86. The number of methoxy groups -OCH3 is 1. The molecule has 1 aliphatic heterocycles. The molecule has 0 radical (unpaired) electrons. The smallest absolute Gasteiger partial charge is 0.227 e. The molecule has 164 valence electrons. The molecule has 3 aromatic rings. The van der Waals surface area contributed by atoms with E-state index in [0.29, 0.717) is 13.0 Å². The van der Waals surface area contributed by atoms with Crippen LogP contribution in [0.5, 0.6) is 5.75 Å². The highest BCUT2D eigenvalue weighted by Gasteiger charge is 2.28. The summed E-state index contributed by atoms with van der Waals surface area (Å²) in [6, 6.07) is 24.3. The predicted octanol–water partition coefficient (Wildman–Crippen LogP) is 5.65. The Morgan fingerprint density at radius 3 is 2.31 bits per heavy atom. The Morgan fingerprint density at radius 2 is 1.56 bits per heavy atom. The van der Waals surface area contributed by atoms with Gasteiger partial charge in [0.25, 0.3) is 0 Å². The summed E-state index contributed by atoms with van der Waals surface area (Å²) in [4.78, 5) is 14.7. The number of carbonyl (C=O) groups is 1. The maximum atomic E-state index is 12.9. The fraction of sp³-hybridized carbons (Fsp3) is 0.250. The van der Waals surface area contributed by atoms with Crippen molar-refractivity contribution in [1.29, 1.82) is 0 Å². The molecule has 0 aliphatic carbocycles. The average Bonchev–Trinajstić information content (AvgIpc) is 2.78. The molecule has 4 heteroatoms. The molecule has 1 aliphatic rings. The number of hydrogen-bond donors (Lipinski definition) is 1. The molecular weight excluding hydrogens is 396 g/mol. The standard InChI is InChI=1S/C28H30N2O2/c1-28(2)18-21(19-30(3)26(31)17-20-11-6-5-7-12-20)22-14-10-15-24(27(22)29-28)23-13-8-9-16-25(23)32-4/h5-16,18,29H,17,19H2,1-4H3. The Bertz CT molecular complexity index is 1150. The zero-order valence-electron chi connectivity index (χ0n) is 19.2. The fourth-order valence-corrected chi connectivity index (χ4v) is 4.30. The van der Waals surface area contributed by atoms with E-state index in [-0.39, 0.29) is 11.4 Å². The topological polar surface area (TPSA) is 41.6 Å². The lowest BCUT2D eigenvalue weighted by atomic mass is 9.86. The number of carbonyl (C=O) groups excluding carboxylic acids is 1. The summed E-state index contributed by atoms with van der Waals surface area (Å²) in [6.45, 7) is 4.86. The molecule has 4 nitrogen and oxygen atoms in total. The molecule has 0 bridgehead atoms. The molecule has 0 aromatic heterocycles. The number of ether oxygens (including phenoxy) is 1. The van der Waals surface area contributed by atoms with Crippen LogP contribution in [-0.4, -0.2) is 37.0 Å². The largest absolute Gasteiger partial charge is 0.496 e. The van der Waals surface area contributed by atoms with E-state index in [1.165, 1.54) is 0 Å². The number of nitrogens with one attached hydrogen (secondary N) is 1. The van der Waals surface area contributed by atoms with Gasteiger partial charge in [-0.15, -0.1) is 0 Å². The number of nitrogens with zero attached hydrogens (tertiary/aromatic N) is 1. The highest BCUT2D eigenvalue weighted by atomic mass is 16.5. The van der Waals surface area contributed by atoms with E-state index in [2.05, 4.69) is 49.5 Å². The summed E-state index contributed by atoms with van der Waals surface area (Å²) >= 11 is 0. The zero-order chi connectivity index (χ0) is 22.7. The number of para-hydroxylation sites is 2. The van der Waals surface area contributed by atoms with Crippen molar-refractivity contribution in [3.63, 3.8) is 0 Å². The lowest BCUT2D eigenvalue weighted by Gasteiger charge is -2.35. The minimum absolute atomic E-state index is 0.107. The van der Waals surface area contributed by atoms with Crippen LogP contribution in [0.4, 0.5) is 5.69 Å². The van der Waals surface area contributed by atoms with Crippen LogP contribution >= 0.6 is 0 Å². The first kappa shape index (κ1) is 21.7. The van der Waals surface area contributed by atoms with Crippen LogP contribution in [0.3, 0.4) is 0 Å². The first-order valence-electron chi connectivity index (χ1n) is 10.9. The molecule has 1 N–H and O–H groups in total. The van der Waals surface area contributed by atoms with Gasteiger partial charge >= 0.3 is 0 Å². The zero-order valence-corrected chi connectivity index (χ0v) is 19.2. The molecular formula is C28H30N2O2. The van der Waals surface area contributed by atoms with Crippen LogP contribution in [0, 0.1) is 0 Å². The van der Waals surface area contributed by atoms with Crippen molar-refractivity contribution in [2.45, 2.75) is 25.8 Å². The Kier molecular flexibility index (Phi) is 6.04. The fourth-order valence-electron chi connectivity index (χ4n) is 4.30. The molecule has 0 spiro atoms. The summed E-state index contributed by atoms with van der Waals surface area (Å²) in [5.74, 6) is 0.947. The van der Waals surface area contributed by atoms with Crippen LogP contribution in [-0.2, 0) is 11.2 Å². The van der Waals surface area contributed by atoms with Gasteiger partial charge in [-0.2, -0.15) is 0 Å². The van der Waals surface area contributed by atoms with E-state index < -0.39 is 0 Å². The summed E-state index contributed by atoms with van der Waals surface area (Å²) in [5, 5.41) is 3.69. The second-order valence-electron chi connectivity index (χ2n) is 8.86. The minimum Gasteiger partial charge on any atom is -0.496 e. The van der Waals surface area contributed by atoms with Gasteiger partial charge in [0, 0.05) is 30.3 Å². The van der Waals surface area contributed by atoms with E-state index in [1.807, 2.05) is 60.5 Å². The van der Waals surface area contributed by atoms with Crippen molar-refractivity contribution >= 4 is 17.2 Å². The van der Waals surface area contributed by atoms with Gasteiger partial charge in [-0.3, -0.25) is 4.79 Å². The van der Waals surface area contributed by atoms with Gasteiger partial charge in [0.1, 0.15) is 5.75 Å². The van der Waals surface area contributed by atoms with E-state index >= 15 is 0 Å². The van der Waals surface area contributed by atoms with Gasteiger partial charge in [0.15, 0.2) is 0 Å². The third-order valence-corrected chi connectivity index (χ3v) is 5.82. The van der Waals surface area contributed by atoms with Crippen molar-refractivity contribution in [2.75, 3.05) is 26.0 Å². The number of hydrogen-bond acceptors (Lipinski definition) is 3. The van der Waals surface area contributed by atoms with Crippen LogP contribution in [0.15, 0.2) is 78.9 Å². The molecule has 4 rings (SSSR count). The van der Waals surface area contributed by atoms with Gasteiger partial charge in [-0.05, 0) is 31.1 Å². The number of likely N-dealkylation sites (N-methyl/N-ethyl adjacent to an activating group) is 1. The van der Waals surface area contributed by atoms with Gasteiger partial charge in [-0.25, -0.2) is 0 Å². The number of benzene rings is 3.